The number of urea groups is 1. The number of nitrogens with one attached hydrogen (secondary N) is 1. The molecule has 4 rings (SSSR count). The van der Waals surface area contributed by atoms with Gasteiger partial charge in [-0.3, -0.25) is 0 Å². The first kappa shape index (κ1) is 16.1. The Bertz CT molecular complexity index is 742. The maximum absolute atomic E-state index is 13.2. The SMILES string of the molecule is O=C(NCc1noc(C2CC2)n1)N1CCCC[C@H]1c1ccc(F)cc1. The Balaban J connectivity index is 1.40. The smallest absolute Gasteiger partial charge is 0.318 e. The summed E-state index contributed by atoms with van der Waals surface area (Å²) in [7, 11) is 0. The third-order valence-corrected chi connectivity index (χ3v) is 4.83. The number of carbonyl (C=O) groups is 1. The molecule has 1 aliphatic carbocycles. The van der Waals surface area contributed by atoms with E-state index in [-0.39, 0.29) is 24.4 Å². The summed E-state index contributed by atoms with van der Waals surface area (Å²) >= 11 is 0. The van der Waals surface area contributed by atoms with Gasteiger partial charge in [0.1, 0.15) is 5.82 Å². The minimum Gasteiger partial charge on any atom is -0.339 e. The van der Waals surface area contributed by atoms with Crippen molar-refractivity contribution >= 4 is 6.03 Å². The van der Waals surface area contributed by atoms with Gasteiger partial charge in [0, 0.05) is 12.5 Å². The average molecular weight is 344 g/mol. The summed E-state index contributed by atoms with van der Waals surface area (Å²) in [5.74, 6) is 1.32. The van der Waals surface area contributed by atoms with Crippen LogP contribution in [-0.4, -0.2) is 27.6 Å². The number of benzene rings is 1. The van der Waals surface area contributed by atoms with Crippen molar-refractivity contribution in [3.8, 4) is 0 Å². The van der Waals surface area contributed by atoms with E-state index in [1.54, 1.807) is 12.1 Å². The van der Waals surface area contributed by atoms with Gasteiger partial charge in [0.15, 0.2) is 5.82 Å². The highest BCUT2D eigenvalue weighted by molar-refractivity contribution is 5.74. The minimum absolute atomic E-state index is 0.0263. The molecule has 25 heavy (non-hydrogen) atoms. The normalized spacial score (nSPS) is 20.5. The molecule has 0 spiro atoms. The zero-order valence-corrected chi connectivity index (χ0v) is 13.9. The Kier molecular flexibility index (Phi) is 4.38. The average Bonchev–Trinajstić information content (AvgIpc) is 3.39. The van der Waals surface area contributed by atoms with Crippen LogP contribution in [0.2, 0.25) is 0 Å². The zero-order chi connectivity index (χ0) is 17.2. The number of amides is 2. The summed E-state index contributed by atoms with van der Waals surface area (Å²) in [6.45, 7) is 0.940. The standard InChI is InChI=1S/C18H21FN4O2/c19-14-8-6-12(7-9-14)15-3-1-2-10-23(15)18(24)20-11-16-21-17(25-22-16)13-4-5-13/h6-9,13,15H,1-5,10-11H2,(H,20,24)/t15-/m0/s1. The molecule has 1 N–H and O–H groups in total. The molecule has 0 unspecified atom stereocenters. The molecule has 0 bridgehead atoms. The van der Waals surface area contributed by atoms with Crippen LogP contribution in [0, 0.1) is 5.82 Å². The molecule has 2 amide bonds. The summed E-state index contributed by atoms with van der Waals surface area (Å²) < 4.78 is 18.4. The second kappa shape index (κ2) is 6.82. The Hall–Kier alpha value is -2.44. The molecule has 1 aromatic carbocycles. The van der Waals surface area contributed by atoms with Crippen molar-refractivity contribution in [1.82, 2.24) is 20.4 Å². The van der Waals surface area contributed by atoms with E-state index >= 15 is 0 Å². The van der Waals surface area contributed by atoms with Crippen molar-refractivity contribution in [2.24, 2.45) is 0 Å². The molecule has 7 heteroatoms. The van der Waals surface area contributed by atoms with Gasteiger partial charge in [-0.25, -0.2) is 9.18 Å². The van der Waals surface area contributed by atoms with Gasteiger partial charge in [-0.1, -0.05) is 17.3 Å². The van der Waals surface area contributed by atoms with Gasteiger partial charge >= 0.3 is 6.03 Å². The molecule has 1 atom stereocenters. The summed E-state index contributed by atoms with van der Waals surface area (Å²) in [4.78, 5) is 18.8. The van der Waals surface area contributed by atoms with Crippen LogP contribution in [0.1, 0.15) is 61.3 Å². The van der Waals surface area contributed by atoms with Gasteiger partial charge in [-0.05, 0) is 49.8 Å². The second-order valence-electron chi connectivity index (χ2n) is 6.74. The summed E-state index contributed by atoms with van der Waals surface area (Å²) in [6.07, 6.45) is 5.11. The molecule has 1 saturated carbocycles. The largest absolute Gasteiger partial charge is 0.339 e. The van der Waals surface area contributed by atoms with Gasteiger partial charge in [-0.15, -0.1) is 0 Å². The highest BCUT2D eigenvalue weighted by Gasteiger charge is 2.30. The third kappa shape index (κ3) is 3.65. The first-order valence-corrected chi connectivity index (χ1v) is 8.83. The van der Waals surface area contributed by atoms with Crippen molar-refractivity contribution < 1.29 is 13.7 Å². The van der Waals surface area contributed by atoms with E-state index in [1.165, 1.54) is 12.1 Å². The number of halogens is 1. The van der Waals surface area contributed by atoms with Crippen LogP contribution in [0.25, 0.3) is 0 Å². The number of hydrogen-bond acceptors (Lipinski definition) is 4. The fourth-order valence-electron chi connectivity index (χ4n) is 3.30. The minimum atomic E-state index is -0.265. The highest BCUT2D eigenvalue weighted by Crippen LogP contribution is 2.38. The van der Waals surface area contributed by atoms with Gasteiger partial charge in [0.25, 0.3) is 0 Å². The summed E-state index contributed by atoms with van der Waals surface area (Å²) in [6, 6.07) is 6.23. The maximum atomic E-state index is 13.2. The Morgan fingerprint density at radius 1 is 1.24 bits per heavy atom. The number of hydrogen-bond donors (Lipinski definition) is 1. The van der Waals surface area contributed by atoms with Crippen LogP contribution < -0.4 is 5.32 Å². The van der Waals surface area contributed by atoms with E-state index in [9.17, 15) is 9.18 Å². The van der Waals surface area contributed by atoms with E-state index in [4.69, 9.17) is 4.52 Å². The highest BCUT2D eigenvalue weighted by atomic mass is 19.1. The predicted molar refractivity (Wildman–Crippen MR) is 88.2 cm³/mol. The monoisotopic (exact) mass is 344 g/mol. The van der Waals surface area contributed by atoms with Crippen LogP contribution >= 0.6 is 0 Å². The van der Waals surface area contributed by atoms with Crippen molar-refractivity contribution in [3.05, 3.63) is 47.4 Å². The molecule has 0 radical (unpaired) electrons. The molecule has 2 fully saturated rings. The van der Waals surface area contributed by atoms with Gasteiger partial charge < -0.3 is 14.7 Å². The fourth-order valence-corrected chi connectivity index (χ4v) is 3.30. The molecule has 1 saturated heterocycles. The Morgan fingerprint density at radius 3 is 2.80 bits per heavy atom. The van der Waals surface area contributed by atoms with Crippen LogP contribution in [0.3, 0.4) is 0 Å². The van der Waals surface area contributed by atoms with Crippen molar-refractivity contribution in [2.45, 2.75) is 50.6 Å². The predicted octanol–water partition coefficient (Wildman–Crippen LogP) is 3.52. The fraction of sp³-hybridized carbons (Fsp3) is 0.500. The lowest BCUT2D eigenvalue weighted by Crippen LogP contribution is -2.44. The zero-order valence-electron chi connectivity index (χ0n) is 13.9. The van der Waals surface area contributed by atoms with Crippen molar-refractivity contribution in [1.29, 1.82) is 0 Å². The summed E-state index contributed by atoms with van der Waals surface area (Å²) in [5.41, 5.74) is 0.965. The number of nitrogens with zero attached hydrogens (tertiary/aromatic N) is 3. The van der Waals surface area contributed by atoms with Crippen molar-refractivity contribution in [2.75, 3.05) is 6.54 Å². The first-order chi connectivity index (χ1) is 12.2. The molecule has 2 aliphatic rings. The molecule has 2 heterocycles. The Morgan fingerprint density at radius 2 is 2.04 bits per heavy atom. The molecular weight excluding hydrogens is 323 g/mol. The molecule has 132 valence electrons. The topological polar surface area (TPSA) is 71.3 Å². The molecular formula is C18H21FN4O2. The number of rotatable bonds is 4. The van der Waals surface area contributed by atoms with E-state index in [1.807, 2.05) is 4.90 Å². The Labute approximate surface area is 145 Å². The lowest BCUT2D eigenvalue weighted by molar-refractivity contribution is 0.151. The van der Waals surface area contributed by atoms with Crippen LogP contribution in [-0.2, 0) is 6.54 Å². The lowest BCUT2D eigenvalue weighted by Gasteiger charge is -2.36. The summed E-state index contributed by atoms with van der Waals surface area (Å²) in [5, 5.41) is 6.80. The van der Waals surface area contributed by atoms with E-state index in [2.05, 4.69) is 15.5 Å². The van der Waals surface area contributed by atoms with Crippen LogP contribution in [0.15, 0.2) is 28.8 Å². The van der Waals surface area contributed by atoms with E-state index < -0.39 is 0 Å². The number of carbonyl (C=O) groups excluding carboxylic acids is 1. The molecule has 6 nitrogen and oxygen atoms in total. The number of aromatic nitrogens is 2. The van der Waals surface area contributed by atoms with Crippen LogP contribution in [0.4, 0.5) is 9.18 Å². The van der Waals surface area contributed by atoms with Gasteiger partial charge in [0.05, 0.1) is 12.6 Å². The van der Waals surface area contributed by atoms with E-state index in [0.29, 0.717) is 24.2 Å². The quantitative estimate of drug-likeness (QED) is 0.921. The van der Waals surface area contributed by atoms with Crippen LogP contribution in [0.5, 0.6) is 0 Å². The lowest BCUT2D eigenvalue weighted by atomic mass is 9.95. The number of piperidine rings is 1. The van der Waals surface area contributed by atoms with Gasteiger partial charge in [-0.2, -0.15) is 4.98 Å². The number of likely N-dealkylation sites (tertiary alicyclic amines) is 1. The second-order valence-corrected chi connectivity index (χ2v) is 6.74. The first-order valence-electron chi connectivity index (χ1n) is 8.83. The third-order valence-electron chi connectivity index (χ3n) is 4.83. The molecule has 1 aliphatic heterocycles. The molecule has 1 aromatic heterocycles. The van der Waals surface area contributed by atoms with Gasteiger partial charge in [0.2, 0.25) is 5.89 Å². The van der Waals surface area contributed by atoms with E-state index in [0.717, 1.165) is 37.7 Å². The van der Waals surface area contributed by atoms with Crippen molar-refractivity contribution in [3.63, 3.8) is 0 Å². The molecule has 2 aromatic rings. The maximum Gasteiger partial charge on any atom is 0.318 e.